The lowest BCUT2D eigenvalue weighted by Crippen LogP contribution is -2.41. The summed E-state index contributed by atoms with van der Waals surface area (Å²) < 4.78 is 13.6. The average molecular weight is 566 g/mol. The van der Waals surface area contributed by atoms with Crippen molar-refractivity contribution in [1.29, 1.82) is 0 Å². The summed E-state index contributed by atoms with van der Waals surface area (Å²) in [5.41, 5.74) is 3.64. The minimum absolute atomic E-state index is 0.0215. The van der Waals surface area contributed by atoms with Gasteiger partial charge in [-0.25, -0.2) is 9.48 Å². The summed E-state index contributed by atoms with van der Waals surface area (Å²) in [6, 6.07) is 8.27. The molecular weight excluding hydrogens is 518 g/mol. The molecule has 1 aromatic carbocycles. The predicted molar refractivity (Wildman–Crippen MR) is 159 cm³/mol. The maximum atomic E-state index is 13.5. The standard InChI is InChI=1S/C32H47N5O4/c1-31(2,3)41-30(39)35(5)19-18-34(4)21-24-22-37(27-13-9-10-20-40-27)33-28(24)23-14-16-32(17-15-23)25-11-7-8-12-26(25)36(6)29(32)38/h7-8,11-12,22-23,27H,9-10,13-21H2,1-6H3. The van der Waals surface area contributed by atoms with E-state index >= 15 is 0 Å². The van der Waals surface area contributed by atoms with E-state index < -0.39 is 11.0 Å². The van der Waals surface area contributed by atoms with Crippen molar-refractivity contribution < 1.29 is 19.1 Å². The lowest BCUT2D eigenvalue weighted by molar-refractivity contribution is -0.124. The van der Waals surface area contributed by atoms with Gasteiger partial charge in [-0.05, 0) is 84.4 Å². The molecule has 1 atom stereocenters. The van der Waals surface area contributed by atoms with Crippen molar-refractivity contribution in [1.82, 2.24) is 19.6 Å². The minimum Gasteiger partial charge on any atom is -0.444 e. The second-order valence-electron chi connectivity index (χ2n) is 13.2. The van der Waals surface area contributed by atoms with Crippen LogP contribution >= 0.6 is 0 Å². The summed E-state index contributed by atoms with van der Waals surface area (Å²) in [4.78, 5) is 31.7. The van der Waals surface area contributed by atoms with Crippen LogP contribution in [0.5, 0.6) is 0 Å². The van der Waals surface area contributed by atoms with Crippen LogP contribution in [-0.4, -0.2) is 78.0 Å². The molecule has 0 bridgehead atoms. The van der Waals surface area contributed by atoms with Gasteiger partial charge in [-0.2, -0.15) is 5.10 Å². The van der Waals surface area contributed by atoms with Gasteiger partial charge in [0.2, 0.25) is 5.91 Å². The summed E-state index contributed by atoms with van der Waals surface area (Å²) in [7, 11) is 5.77. The van der Waals surface area contributed by atoms with Crippen LogP contribution in [0.25, 0.3) is 0 Å². The third-order valence-corrected chi connectivity index (χ3v) is 8.97. The predicted octanol–water partition coefficient (Wildman–Crippen LogP) is 5.45. The fraction of sp³-hybridized carbons (Fsp3) is 0.656. The van der Waals surface area contributed by atoms with Gasteiger partial charge in [0.05, 0.1) is 11.1 Å². The Morgan fingerprint density at radius 3 is 2.54 bits per heavy atom. The Labute approximate surface area is 244 Å². The Morgan fingerprint density at radius 1 is 1.12 bits per heavy atom. The molecule has 1 saturated carbocycles. The summed E-state index contributed by atoms with van der Waals surface area (Å²) in [5.74, 6) is 0.525. The van der Waals surface area contributed by atoms with E-state index in [0.717, 1.165) is 69.5 Å². The SMILES string of the molecule is CN(CCN(C)C(=O)OC(C)(C)C)Cc1cn(C2CCCCO2)nc1C1CCC2(CC1)C(=O)N(C)c1ccccc12. The first-order valence-corrected chi connectivity index (χ1v) is 15.2. The van der Waals surface area contributed by atoms with E-state index in [1.54, 1.807) is 11.9 Å². The van der Waals surface area contributed by atoms with Crippen molar-refractivity contribution in [3.05, 3.63) is 47.3 Å². The van der Waals surface area contributed by atoms with Crippen molar-refractivity contribution >= 4 is 17.7 Å². The van der Waals surface area contributed by atoms with Crippen molar-refractivity contribution in [3.8, 4) is 0 Å². The number of hydrogen-bond donors (Lipinski definition) is 0. The zero-order chi connectivity index (χ0) is 29.4. The molecule has 2 aromatic rings. The molecule has 9 heteroatoms. The molecule has 1 aromatic heterocycles. The molecule has 1 saturated heterocycles. The van der Waals surface area contributed by atoms with Crippen molar-refractivity contribution in [2.45, 2.75) is 95.4 Å². The Bertz CT molecular complexity index is 1240. The number of amides is 2. The molecule has 9 nitrogen and oxygen atoms in total. The Kier molecular flexibility index (Phi) is 8.48. The number of anilines is 1. The second kappa shape index (κ2) is 11.8. The number of aromatic nitrogens is 2. The normalized spacial score (nSPS) is 24.7. The molecule has 3 aliphatic rings. The van der Waals surface area contributed by atoms with Crippen LogP contribution in [0.3, 0.4) is 0 Å². The van der Waals surface area contributed by atoms with Crippen molar-refractivity contribution in [2.24, 2.45) is 0 Å². The van der Waals surface area contributed by atoms with Gasteiger partial charge in [0.1, 0.15) is 11.8 Å². The highest BCUT2D eigenvalue weighted by Crippen LogP contribution is 2.52. The number of carbonyl (C=O) groups is 2. The molecule has 2 aliphatic heterocycles. The topological polar surface area (TPSA) is 80.1 Å². The number of nitrogens with zero attached hydrogens (tertiary/aromatic N) is 5. The number of ether oxygens (including phenoxy) is 2. The van der Waals surface area contributed by atoms with Gasteiger partial charge in [-0.3, -0.25) is 4.79 Å². The molecule has 5 rings (SSSR count). The van der Waals surface area contributed by atoms with Crippen molar-refractivity contribution in [3.63, 3.8) is 0 Å². The average Bonchev–Trinajstić information content (AvgIpc) is 3.45. The first kappa shape index (κ1) is 29.6. The van der Waals surface area contributed by atoms with E-state index in [4.69, 9.17) is 14.6 Å². The highest BCUT2D eigenvalue weighted by molar-refractivity contribution is 6.07. The third-order valence-electron chi connectivity index (χ3n) is 8.97. The molecule has 0 N–H and O–H groups in total. The number of hydrogen-bond acceptors (Lipinski definition) is 6. The molecular formula is C32H47N5O4. The number of fused-ring (bicyclic) bond motifs is 2. The van der Waals surface area contributed by atoms with E-state index in [-0.39, 0.29) is 18.2 Å². The first-order valence-electron chi connectivity index (χ1n) is 15.2. The van der Waals surface area contributed by atoms with E-state index in [1.165, 1.54) is 11.1 Å². The van der Waals surface area contributed by atoms with Gasteiger partial charge in [0.15, 0.2) is 0 Å². The highest BCUT2D eigenvalue weighted by Gasteiger charge is 2.51. The largest absolute Gasteiger partial charge is 0.444 e. The van der Waals surface area contributed by atoms with Crippen LogP contribution in [0.2, 0.25) is 0 Å². The van der Waals surface area contributed by atoms with Gasteiger partial charge < -0.3 is 24.2 Å². The van der Waals surface area contributed by atoms with Crippen LogP contribution in [0.15, 0.2) is 30.5 Å². The van der Waals surface area contributed by atoms with Gasteiger partial charge in [0, 0.05) is 63.7 Å². The van der Waals surface area contributed by atoms with Gasteiger partial charge in [0.25, 0.3) is 0 Å². The molecule has 3 heterocycles. The third kappa shape index (κ3) is 6.16. The number of likely N-dealkylation sites (N-methyl/N-ethyl adjacent to an activating group) is 3. The lowest BCUT2D eigenvalue weighted by atomic mass is 9.66. The maximum Gasteiger partial charge on any atom is 0.410 e. The molecule has 2 amide bonds. The van der Waals surface area contributed by atoms with Gasteiger partial charge >= 0.3 is 6.09 Å². The number of benzene rings is 1. The number of para-hydroxylation sites is 1. The number of carbonyl (C=O) groups excluding carboxylic acids is 2. The number of rotatable bonds is 7. The van der Waals surface area contributed by atoms with Crippen LogP contribution < -0.4 is 4.90 Å². The highest BCUT2D eigenvalue weighted by atomic mass is 16.6. The lowest BCUT2D eigenvalue weighted by Gasteiger charge is -2.36. The zero-order valence-corrected chi connectivity index (χ0v) is 25.7. The molecule has 1 unspecified atom stereocenters. The van der Waals surface area contributed by atoms with Crippen LogP contribution in [-0.2, 0) is 26.2 Å². The Balaban J connectivity index is 1.30. The molecule has 2 fully saturated rings. The zero-order valence-electron chi connectivity index (χ0n) is 25.7. The van der Waals surface area contributed by atoms with Gasteiger partial charge in [-0.15, -0.1) is 0 Å². The quantitative estimate of drug-likeness (QED) is 0.444. The molecule has 1 aliphatic carbocycles. The first-order chi connectivity index (χ1) is 19.5. The van der Waals surface area contributed by atoms with Gasteiger partial charge in [-0.1, -0.05) is 18.2 Å². The van der Waals surface area contributed by atoms with E-state index in [9.17, 15) is 9.59 Å². The molecule has 224 valence electrons. The van der Waals surface area contributed by atoms with Crippen LogP contribution in [0.1, 0.15) is 94.7 Å². The molecule has 41 heavy (non-hydrogen) atoms. The van der Waals surface area contributed by atoms with Crippen LogP contribution in [0.4, 0.5) is 10.5 Å². The second-order valence-corrected chi connectivity index (χ2v) is 13.2. The van der Waals surface area contributed by atoms with Crippen LogP contribution in [0, 0.1) is 0 Å². The van der Waals surface area contributed by atoms with E-state index in [2.05, 4.69) is 36.3 Å². The minimum atomic E-state index is -0.513. The smallest absolute Gasteiger partial charge is 0.410 e. The summed E-state index contributed by atoms with van der Waals surface area (Å²) in [5, 5.41) is 5.15. The van der Waals surface area contributed by atoms with Crippen molar-refractivity contribution in [2.75, 3.05) is 45.7 Å². The molecule has 0 radical (unpaired) electrons. The van der Waals surface area contributed by atoms with E-state index in [1.807, 2.05) is 43.5 Å². The monoisotopic (exact) mass is 565 g/mol. The Hall–Kier alpha value is -2.91. The summed E-state index contributed by atoms with van der Waals surface area (Å²) in [6.45, 7) is 8.43. The molecule has 1 spiro atoms. The Morgan fingerprint density at radius 2 is 1.85 bits per heavy atom. The maximum absolute atomic E-state index is 13.5. The fourth-order valence-electron chi connectivity index (χ4n) is 6.69. The van der Waals surface area contributed by atoms with E-state index in [0.29, 0.717) is 19.0 Å². The fourth-order valence-corrected chi connectivity index (χ4v) is 6.69. The summed E-state index contributed by atoms with van der Waals surface area (Å²) >= 11 is 0. The summed E-state index contributed by atoms with van der Waals surface area (Å²) in [6.07, 6.45) is 8.58.